The van der Waals surface area contributed by atoms with Crippen LogP contribution in [0.25, 0.3) is 0 Å². The molecule has 2 aromatic carbocycles. The second kappa shape index (κ2) is 8.78. The summed E-state index contributed by atoms with van der Waals surface area (Å²) in [6.45, 7) is 0.543. The van der Waals surface area contributed by atoms with Crippen molar-refractivity contribution in [1.82, 2.24) is 15.1 Å². The lowest BCUT2D eigenvalue weighted by atomic mass is 9.98. The maximum atomic E-state index is 13.1. The zero-order valence-electron chi connectivity index (χ0n) is 17.4. The summed E-state index contributed by atoms with van der Waals surface area (Å²) in [6.07, 6.45) is 0.261. The van der Waals surface area contributed by atoms with E-state index in [0.717, 1.165) is 5.56 Å². The van der Waals surface area contributed by atoms with E-state index in [0.29, 0.717) is 5.56 Å². The van der Waals surface area contributed by atoms with Crippen molar-refractivity contribution < 1.29 is 28.3 Å². The first kappa shape index (κ1) is 21.5. The molecule has 0 spiro atoms. The van der Waals surface area contributed by atoms with Crippen LogP contribution in [0.1, 0.15) is 26.3 Å². The Bertz CT molecular complexity index is 1070. The highest BCUT2D eigenvalue weighted by molar-refractivity contribution is 6.00. The monoisotopic (exact) mass is 439 g/mol. The van der Waals surface area contributed by atoms with Crippen LogP contribution in [0.2, 0.25) is 0 Å². The van der Waals surface area contributed by atoms with Gasteiger partial charge in [0.25, 0.3) is 5.91 Å². The number of amides is 3. The minimum atomic E-state index is -0.784. The number of esters is 1. The van der Waals surface area contributed by atoms with E-state index in [1.165, 1.54) is 35.1 Å². The van der Waals surface area contributed by atoms with E-state index in [9.17, 15) is 23.6 Å². The van der Waals surface area contributed by atoms with Gasteiger partial charge in [0.1, 0.15) is 17.9 Å². The van der Waals surface area contributed by atoms with Crippen molar-refractivity contribution >= 4 is 23.7 Å². The quantitative estimate of drug-likeness (QED) is 0.718. The molecule has 2 unspecified atom stereocenters. The van der Waals surface area contributed by atoms with Gasteiger partial charge >= 0.3 is 5.97 Å². The Morgan fingerprint density at radius 3 is 2.53 bits per heavy atom. The molecule has 32 heavy (non-hydrogen) atoms. The van der Waals surface area contributed by atoms with Crippen LogP contribution in [-0.2, 0) is 20.7 Å². The number of carbonyl (C=O) groups excluding carboxylic acids is 4. The second-order valence-corrected chi connectivity index (χ2v) is 7.76. The molecule has 0 saturated carbocycles. The third kappa shape index (κ3) is 4.18. The molecule has 3 amide bonds. The van der Waals surface area contributed by atoms with Gasteiger partial charge < -0.3 is 19.9 Å². The molecule has 2 aliphatic heterocycles. The maximum absolute atomic E-state index is 13.1. The van der Waals surface area contributed by atoms with E-state index in [-0.39, 0.29) is 55.2 Å². The third-order valence-corrected chi connectivity index (χ3v) is 5.75. The number of methoxy groups -OCH3 is 1. The highest BCUT2D eigenvalue weighted by Crippen LogP contribution is 2.20. The van der Waals surface area contributed by atoms with Gasteiger partial charge in [-0.15, -0.1) is 0 Å². The van der Waals surface area contributed by atoms with E-state index in [1.807, 2.05) is 0 Å². The van der Waals surface area contributed by atoms with Crippen LogP contribution in [0.3, 0.4) is 0 Å². The Balaban J connectivity index is 1.45. The second-order valence-electron chi connectivity index (χ2n) is 7.76. The minimum Gasteiger partial charge on any atom is -0.465 e. The number of benzene rings is 2. The summed E-state index contributed by atoms with van der Waals surface area (Å²) >= 11 is 0. The van der Waals surface area contributed by atoms with Crippen LogP contribution in [-0.4, -0.2) is 72.3 Å². The van der Waals surface area contributed by atoms with Crippen molar-refractivity contribution in [3.05, 3.63) is 71.0 Å². The number of hydrogen-bond acceptors (Lipinski definition) is 5. The predicted molar refractivity (Wildman–Crippen MR) is 111 cm³/mol. The summed E-state index contributed by atoms with van der Waals surface area (Å²) in [7, 11) is 1.26. The maximum Gasteiger partial charge on any atom is 0.337 e. The van der Waals surface area contributed by atoms with Crippen molar-refractivity contribution in [1.29, 1.82) is 0 Å². The van der Waals surface area contributed by atoms with Crippen molar-refractivity contribution in [2.75, 3.05) is 26.7 Å². The number of ether oxygens (including phenoxy) is 1. The van der Waals surface area contributed by atoms with Crippen LogP contribution in [0.15, 0.2) is 48.5 Å². The summed E-state index contributed by atoms with van der Waals surface area (Å²) in [5.74, 6) is -1.81. The molecule has 2 aromatic rings. The summed E-state index contributed by atoms with van der Waals surface area (Å²) in [6, 6.07) is 10.5. The molecule has 1 N–H and O–H groups in total. The molecule has 8 nitrogen and oxygen atoms in total. The first-order valence-corrected chi connectivity index (χ1v) is 10.2. The molecule has 0 aliphatic carbocycles. The Labute approximate surface area is 183 Å². The molecule has 4 rings (SSSR count). The Morgan fingerprint density at radius 1 is 1.09 bits per heavy atom. The van der Waals surface area contributed by atoms with E-state index < -0.39 is 18.1 Å². The number of hydrogen-bond donors (Lipinski definition) is 1. The predicted octanol–water partition coefficient (Wildman–Crippen LogP) is 1.01. The summed E-state index contributed by atoms with van der Waals surface area (Å²) in [5, 5.41) is 2.74. The van der Waals surface area contributed by atoms with Crippen molar-refractivity contribution in [2.45, 2.75) is 18.5 Å². The lowest BCUT2D eigenvalue weighted by Crippen LogP contribution is -2.70. The molecule has 9 heteroatoms. The van der Waals surface area contributed by atoms with E-state index >= 15 is 0 Å². The Kier molecular flexibility index (Phi) is 5.89. The Morgan fingerprint density at radius 2 is 1.81 bits per heavy atom. The van der Waals surface area contributed by atoms with Crippen LogP contribution in [0, 0.1) is 5.82 Å². The molecular formula is C23H22FN3O5. The molecule has 0 aromatic heterocycles. The third-order valence-electron chi connectivity index (χ3n) is 5.75. The van der Waals surface area contributed by atoms with Gasteiger partial charge in [0.15, 0.2) is 0 Å². The summed E-state index contributed by atoms with van der Waals surface area (Å²) in [4.78, 5) is 53.4. The van der Waals surface area contributed by atoms with Crippen LogP contribution < -0.4 is 5.32 Å². The average molecular weight is 439 g/mol. The van der Waals surface area contributed by atoms with E-state index in [2.05, 4.69) is 5.32 Å². The van der Waals surface area contributed by atoms with Gasteiger partial charge in [-0.3, -0.25) is 14.4 Å². The smallest absolute Gasteiger partial charge is 0.337 e. The lowest BCUT2D eigenvalue weighted by Gasteiger charge is -2.45. The number of carbonyl (C=O) groups is 4. The highest BCUT2D eigenvalue weighted by atomic mass is 19.1. The van der Waals surface area contributed by atoms with Gasteiger partial charge in [0, 0.05) is 25.1 Å². The molecule has 2 aliphatic rings. The number of halogens is 1. The number of nitrogens with zero attached hydrogens (tertiary/aromatic N) is 2. The summed E-state index contributed by atoms with van der Waals surface area (Å²) < 4.78 is 17.8. The van der Waals surface area contributed by atoms with Crippen LogP contribution >= 0.6 is 0 Å². The zero-order chi connectivity index (χ0) is 22.8. The van der Waals surface area contributed by atoms with Gasteiger partial charge in [-0.2, -0.15) is 0 Å². The van der Waals surface area contributed by atoms with Crippen LogP contribution in [0.4, 0.5) is 4.39 Å². The molecule has 0 radical (unpaired) electrons. The van der Waals surface area contributed by atoms with Crippen molar-refractivity contribution in [3.8, 4) is 0 Å². The molecule has 2 heterocycles. The fourth-order valence-electron chi connectivity index (χ4n) is 4.06. The van der Waals surface area contributed by atoms with Gasteiger partial charge in [-0.1, -0.05) is 18.2 Å². The zero-order valence-corrected chi connectivity index (χ0v) is 17.4. The van der Waals surface area contributed by atoms with E-state index in [1.54, 1.807) is 30.3 Å². The minimum absolute atomic E-state index is 0.0577. The first-order chi connectivity index (χ1) is 15.4. The summed E-state index contributed by atoms with van der Waals surface area (Å²) in [5.41, 5.74) is 1.30. The molecule has 2 atom stereocenters. The standard InChI is InChI=1S/C23H22FN3O5/c1-32-23(31)16-4-2-3-15(12-16)21(29)26-9-10-27-19(13-26)20(28)25-18(22(27)30)11-14-5-7-17(24)8-6-14/h2-8,12,18-19H,9-11,13H2,1H3,(H,25,28). The molecule has 0 bridgehead atoms. The van der Waals surface area contributed by atoms with Crippen molar-refractivity contribution in [3.63, 3.8) is 0 Å². The number of fused-ring (bicyclic) bond motifs is 1. The van der Waals surface area contributed by atoms with Gasteiger partial charge in [0.05, 0.1) is 19.2 Å². The lowest BCUT2D eigenvalue weighted by molar-refractivity contribution is -0.152. The largest absolute Gasteiger partial charge is 0.465 e. The fraction of sp³-hybridized carbons (Fsp3) is 0.304. The topological polar surface area (TPSA) is 96.0 Å². The first-order valence-electron chi connectivity index (χ1n) is 10.2. The number of rotatable bonds is 4. The molecule has 166 valence electrons. The average Bonchev–Trinajstić information content (AvgIpc) is 2.82. The van der Waals surface area contributed by atoms with Crippen molar-refractivity contribution in [2.24, 2.45) is 0 Å². The van der Waals surface area contributed by atoms with Gasteiger partial charge in [-0.05, 0) is 35.9 Å². The van der Waals surface area contributed by atoms with E-state index in [4.69, 9.17) is 4.74 Å². The normalized spacial score (nSPS) is 20.4. The molecule has 2 saturated heterocycles. The highest BCUT2D eigenvalue weighted by Gasteiger charge is 2.44. The van der Waals surface area contributed by atoms with Crippen LogP contribution in [0.5, 0.6) is 0 Å². The number of nitrogens with one attached hydrogen (secondary N) is 1. The van der Waals surface area contributed by atoms with Gasteiger partial charge in [0.2, 0.25) is 11.8 Å². The van der Waals surface area contributed by atoms with Gasteiger partial charge in [-0.25, -0.2) is 9.18 Å². The SMILES string of the molecule is COC(=O)c1cccc(C(=O)N2CCN3C(=O)C(Cc4ccc(F)cc4)NC(=O)C3C2)c1. The Hall–Kier alpha value is -3.75. The fourth-order valence-corrected chi connectivity index (χ4v) is 4.06. The molecule has 2 fully saturated rings. The molecular weight excluding hydrogens is 417 g/mol. The number of piperazine rings is 2.